The van der Waals surface area contributed by atoms with E-state index in [9.17, 15) is 14.4 Å². The van der Waals surface area contributed by atoms with Gasteiger partial charge in [0, 0.05) is 11.8 Å². The van der Waals surface area contributed by atoms with Crippen LogP contribution in [0.25, 0.3) is 6.08 Å². The monoisotopic (exact) mass is 494 g/mol. The number of hydrogen-bond donors (Lipinski definition) is 1. The second-order valence-electron chi connectivity index (χ2n) is 6.69. The number of ether oxygens (including phenoxy) is 2. The molecule has 1 N–H and O–H groups in total. The minimum Gasteiger partial charge on any atom is -0.494 e. The molecule has 1 amide bonds. The molecule has 0 atom stereocenters. The fourth-order valence-corrected chi connectivity index (χ4v) is 3.32. The van der Waals surface area contributed by atoms with Crippen LogP contribution in [0, 0.1) is 17.1 Å². The molecule has 3 aromatic rings. The average molecular weight is 495 g/mol. The second-order valence-corrected chi connectivity index (χ2v) is 7.54. The molecular weight excluding hydrogens is 475 g/mol. The molecule has 0 spiro atoms. The maximum Gasteiger partial charge on any atom is 0.266 e. The van der Waals surface area contributed by atoms with Crippen LogP contribution in [-0.4, -0.2) is 12.5 Å². The fourth-order valence-electron chi connectivity index (χ4n) is 2.81. The number of anilines is 1. The van der Waals surface area contributed by atoms with Crippen LogP contribution in [0.2, 0.25) is 0 Å². The van der Waals surface area contributed by atoms with Crippen molar-refractivity contribution in [3.8, 4) is 17.6 Å². The summed E-state index contributed by atoms with van der Waals surface area (Å²) in [6, 6.07) is 20.2. The van der Waals surface area contributed by atoms with E-state index < -0.39 is 5.91 Å². The summed E-state index contributed by atoms with van der Waals surface area (Å²) < 4.78 is 24.9. The summed E-state index contributed by atoms with van der Waals surface area (Å²) in [5.74, 6) is 0.398. The van der Waals surface area contributed by atoms with E-state index in [1.165, 1.54) is 18.2 Å². The molecule has 0 aliphatic carbocycles. The average Bonchev–Trinajstić information content (AvgIpc) is 2.78. The van der Waals surface area contributed by atoms with Crippen LogP contribution in [0.4, 0.5) is 10.1 Å². The van der Waals surface area contributed by atoms with E-state index in [-0.39, 0.29) is 18.0 Å². The lowest BCUT2D eigenvalue weighted by Crippen LogP contribution is -2.13. The molecule has 0 unspecified atom stereocenters. The minimum atomic E-state index is -0.520. The van der Waals surface area contributed by atoms with Gasteiger partial charge in [-0.05, 0) is 76.5 Å². The largest absolute Gasteiger partial charge is 0.494 e. The highest BCUT2D eigenvalue weighted by Crippen LogP contribution is 2.28. The number of hydrogen-bond acceptors (Lipinski definition) is 4. The third-order valence-corrected chi connectivity index (χ3v) is 4.96. The number of carbonyl (C=O) groups excluding carboxylic acids is 1. The van der Waals surface area contributed by atoms with Crippen LogP contribution in [0.5, 0.6) is 11.5 Å². The Kier molecular flexibility index (Phi) is 8.01. The summed E-state index contributed by atoms with van der Waals surface area (Å²) in [5, 5.41) is 12.2. The Balaban J connectivity index is 1.69. The lowest BCUT2D eigenvalue weighted by Gasteiger charge is -2.10. The van der Waals surface area contributed by atoms with E-state index in [4.69, 9.17) is 9.47 Å². The molecule has 0 saturated heterocycles. The first-order valence-electron chi connectivity index (χ1n) is 9.81. The zero-order valence-corrected chi connectivity index (χ0v) is 18.9. The van der Waals surface area contributed by atoms with Crippen LogP contribution in [0.3, 0.4) is 0 Å². The number of rotatable bonds is 8. The maximum absolute atomic E-state index is 13.0. The highest BCUT2D eigenvalue weighted by molar-refractivity contribution is 9.10. The number of benzene rings is 3. The van der Waals surface area contributed by atoms with Gasteiger partial charge in [0.25, 0.3) is 5.91 Å². The van der Waals surface area contributed by atoms with Crippen LogP contribution in [0.15, 0.2) is 76.8 Å². The van der Waals surface area contributed by atoms with Crippen LogP contribution >= 0.6 is 15.9 Å². The number of amides is 1. The van der Waals surface area contributed by atoms with Crippen molar-refractivity contribution in [2.24, 2.45) is 0 Å². The highest BCUT2D eigenvalue weighted by Gasteiger charge is 2.11. The first kappa shape index (κ1) is 23.0. The molecule has 3 rings (SSSR count). The molecule has 7 heteroatoms. The predicted octanol–water partition coefficient (Wildman–Crippen LogP) is 6.11. The fraction of sp³-hybridized carbons (Fsp3) is 0.120. The van der Waals surface area contributed by atoms with E-state index >= 15 is 0 Å². The Morgan fingerprint density at radius 1 is 1.12 bits per heavy atom. The molecular formula is C25H20BrFN2O3. The van der Waals surface area contributed by atoms with Gasteiger partial charge in [0.15, 0.2) is 0 Å². The summed E-state index contributed by atoms with van der Waals surface area (Å²) in [5.41, 5.74) is 1.98. The number of halogens is 2. The van der Waals surface area contributed by atoms with Gasteiger partial charge in [0.2, 0.25) is 0 Å². The molecule has 0 heterocycles. The summed E-state index contributed by atoms with van der Waals surface area (Å²) >= 11 is 3.45. The van der Waals surface area contributed by atoms with Crippen molar-refractivity contribution in [3.05, 3.63) is 93.7 Å². The van der Waals surface area contributed by atoms with E-state index in [1.807, 2.05) is 13.0 Å². The van der Waals surface area contributed by atoms with Gasteiger partial charge in [0.1, 0.15) is 35.6 Å². The molecule has 32 heavy (non-hydrogen) atoms. The molecule has 0 fully saturated rings. The van der Waals surface area contributed by atoms with E-state index in [0.29, 0.717) is 33.8 Å². The minimum absolute atomic E-state index is 0.0429. The molecule has 5 nitrogen and oxygen atoms in total. The molecule has 0 radical (unpaired) electrons. The smallest absolute Gasteiger partial charge is 0.266 e. The van der Waals surface area contributed by atoms with Gasteiger partial charge in [-0.1, -0.05) is 24.3 Å². The van der Waals surface area contributed by atoms with Crippen molar-refractivity contribution >= 4 is 33.6 Å². The van der Waals surface area contributed by atoms with Crippen molar-refractivity contribution in [1.29, 1.82) is 5.26 Å². The van der Waals surface area contributed by atoms with E-state index in [2.05, 4.69) is 21.2 Å². The van der Waals surface area contributed by atoms with Gasteiger partial charge in [-0.15, -0.1) is 0 Å². The van der Waals surface area contributed by atoms with Crippen molar-refractivity contribution in [1.82, 2.24) is 0 Å². The van der Waals surface area contributed by atoms with Crippen molar-refractivity contribution in [3.63, 3.8) is 0 Å². The molecule has 162 valence electrons. The summed E-state index contributed by atoms with van der Waals surface area (Å²) in [4.78, 5) is 12.5. The normalized spacial score (nSPS) is 10.9. The lowest BCUT2D eigenvalue weighted by atomic mass is 10.1. The predicted molar refractivity (Wildman–Crippen MR) is 125 cm³/mol. The molecule has 0 saturated carbocycles. The van der Waals surface area contributed by atoms with Gasteiger partial charge in [0.05, 0.1) is 11.1 Å². The molecule has 0 aromatic heterocycles. The number of nitrogens with zero attached hydrogens (tertiary/aromatic N) is 1. The van der Waals surface area contributed by atoms with Gasteiger partial charge < -0.3 is 14.8 Å². The summed E-state index contributed by atoms with van der Waals surface area (Å²) in [6.07, 6.45) is 1.50. The summed E-state index contributed by atoms with van der Waals surface area (Å²) in [6.45, 7) is 2.67. The molecule has 0 aliphatic heterocycles. The van der Waals surface area contributed by atoms with Crippen LogP contribution in [0.1, 0.15) is 18.1 Å². The first-order chi connectivity index (χ1) is 15.5. The molecule has 0 bridgehead atoms. The van der Waals surface area contributed by atoms with Gasteiger partial charge in [-0.3, -0.25) is 4.79 Å². The third kappa shape index (κ3) is 6.43. The second kappa shape index (κ2) is 11.1. The Hall–Kier alpha value is -3.63. The Labute approximate surface area is 194 Å². The maximum atomic E-state index is 13.0. The SMILES string of the molecule is CCOc1cccc(NC(=O)/C(C#N)=C/c2ccc(OCc3ccc(F)cc3)c(Br)c2)c1. The number of nitriles is 1. The Bertz CT molecular complexity index is 1170. The lowest BCUT2D eigenvalue weighted by molar-refractivity contribution is -0.112. The molecule has 0 aliphatic rings. The summed E-state index contributed by atoms with van der Waals surface area (Å²) in [7, 11) is 0. The van der Waals surface area contributed by atoms with E-state index in [1.54, 1.807) is 54.6 Å². The van der Waals surface area contributed by atoms with Crippen LogP contribution in [-0.2, 0) is 11.4 Å². The number of carbonyl (C=O) groups is 1. The van der Waals surface area contributed by atoms with Crippen LogP contribution < -0.4 is 14.8 Å². The zero-order valence-electron chi connectivity index (χ0n) is 17.3. The Morgan fingerprint density at radius 3 is 2.59 bits per heavy atom. The number of nitrogens with one attached hydrogen (secondary N) is 1. The zero-order chi connectivity index (χ0) is 22.9. The highest BCUT2D eigenvalue weighted by atomic mass is 79.9. The Morgan fingerprint density at radius 2 is 1.91 bits per heavy atom. The first-order valence-corrected chi connectivity index (χ1v) is 10.6. The topological polar surface area (TPSA) is 71.3 Å². The van der Waals surface area contributed by atoms with Crippen molar-refractivity contribution in [2.75, 3.05) is 11.9 Å². The van der Waals surface area contributed by atoms with E-state index in [0.717, 1.165) is 5.56 Å². The van der Waals surface area contributed by atoms with Crippen molar-refractivity contribution < 1.29 is 18.7 Å². The van der Waals surface area contributed by atoms with Gasteiger partial charge >= 0.3 is 0 Å². The molecule has 3 aromatic carbocycles. The van der Waals surface area contributed by atoms with Gasteiger partial charge in [-0.25, -0.2) is 4.39 Å². The van der Waals surface area contributed by atoms with Gasteiger partial charge in [-0.2, -0.15) is 5.26 Å². The third-order valence-electron chi connectivity index (χ3n) is 4.34. The van der Waals surface area contributed by atoms with Crippen molar-refractivity contribution in [2.45, 2.75) is 13.5 Å². The quantitative estimate of drug-likeness (QED) is 0.302. The standard InChI is InChI=1S/C25H20BrFN2O3/c1-2-31-22-5-3-4-21(14-22)29-25(30)19(15-28)12-18-8-11-24(23(26)13-18)32-16-17-6-9-20(27)10-7-17/h3-14H,2,16H2,1H3,(H,29,30)/b19-12+.